The molecule has 1 atom stereocenters. The number of hydrogen-bond acceptors (Lipinski definition) is 2. The summed E-state index contributed by atoms with van der Waals surface area (Å²) in [6.07, 6.45) is 0. The fraction of sp³-hybridized carbons (Fsp3) is 0.176. The van der Waals surface area contributed by atoms with E-state index in [0.717, 1.165) is 0 Å². The summed E-state index contributed by atoms with van der Waals surface area (Å²) in [5, 5.41) is 6.01. The second kappa shape index (κ2) is 8.13. The molecule has 0 aliphatic rings. The predicted octanol–water partition coefficient (Wildman–Crippen LogP) is 3.74. The fourth-order valence-corrected chi connectivity index (χ4v) is 2.70. The highest BCUT2D eigenvalue weighted by atomic mass is 35.5. The molecule has 0 saturated heterocycles. The third-order valence-corrected chi connectivity index (χ3v) is 3.90. The second-order valence-electron chi connectivity index (χ2n) is 5.12. The summed E-state index contributed by atoms with van der Waals surface area (Å²) in [7, 11) is 0. The Morgan fingerprint density at radius 3 is 2.54 bits per heavy atom. The van der Waals surface area contributed by atoms with Crippen molar-refractivity contribution in [3.8, 4) is 0 Å². The maximum absolute atomic E-state index is 13.5. The first-order chi connectivity index (χ1) is 11.4. The van der Waals surface area contributed by atoms with E-state index >= 15 is 0 Å². The first-order valence-corrected chi connectivity index (χ1v) is 7.91. The van der Waals surface area contributed by atoms with Crippen LogP contribution in [0.3, 0.4) is 0 Å². The van der Waals surface area contributed by atoms with Gasteiger partial charge in [0, 0.05) is 10.0 Å². The van der Waals surface area contributed by atoms with E-state index in [1.165, 1.54) is 18.2 Å². The minimum atomic E-state index is -0.652. The van der Waals surface area contributed by atoms with Gasteiger partial charge in [-0.25, -0.2) is 4.39 Å². The van der Waals surface area contributed by atoms with Crippen LogP contribution in [0.2, 0.25) is 10.0 Å². The molecule has 0 saturated carbocycles. The van der Waals surface area contributed by atoms with Gasteiger partial charge in [0.2, 0.25) is 5.91 Å². The SMILES string of the molecule is CC(NC(=O)CNC(=O)c1ccccc1F)c1ccc(Cl)cc1Cl. The van der Waals surface area contributed by atoms with Crippen LogP contribution in [0.1, 0.15) is 28.9 Å². The molecule has 2 N–H and O–H groups in total. The average Bonchev–Trinajstić information content (AvgIpc) is 2.52. The lowest BCUT2D eigenvalue weighted by Gasteiger charge is -2.16. The topological polar surface area (TPSA) is 58.2 Å². The van der Waals surface area contributed by atoms with Crippen LogP contribution in [0.4, 0.5) is 4.39 Å². The Morgan fingerprint density at radius 2 is 1.88 bits per heavy atom. The van der Waals surface area contributed by atoms with E-state index in [1.54, 1.807) is 31.2 Å². The maximum Gasteiger partial charge on any atom is 0.254 e. The van der Waals surface area contributed by atoms with Crippen molar-refractivity contribution < 1.29 is 14.0 Å². The molecular formula is C17H15Cl2FN2O2. The van der Waals surface area contributed by atoms with Crippen molar-refractivity contribution in [2.24, 2.45) is 0 Å². The summed E-state index contributed by atoms with van der Waals surface area (Å²) in [5.41, 5.74) is 0.592. The van der Waals surface area contributed by atoms with Gasteiger partial charge in [-0.05, 0) is 36.8 Å². The summed E-state index contributed by atoms with van der Waals surface area (Å²) in [6, 6.07) is 10.2. The molecule has 0 spiro atoms. The molecule has 0 heterocycles. The van der Waals surface area contributed by atoms with Gasteiger partial charge < -0.3 is 10.6 Å². The highest BCUT2D eigenvalue weighted by Gasteiger charge is 2.15. The molecule has 0 aromatic heterocycles. The van der Waals surface area contributed by atoms with Crippen molar-refractivity contribution >= 4 is 35.0 Å². The lowest BCUT2D eigenvalue weighted by atomic mass is 10.1. The average molecular weight is 369 g/mol. The van der Waals surface area contributed by atoms with Crippen LogP contribution < -0.4 is 10.6 Å². The fourth-order valence-electron chi connectivity index (χ4n) is 2.12. The third kappa shape index (κ3) is 4.69. The monoisotopic (exact) mass is 368 g/mol. The molecule has 0 radical (unpaired) electrons. The first-order valence-electron chi connectivity index (χ1n) is 7.15. The van der Waals surface area contributed by atoms with Gasteiger partial charge in [-0.15, -0.1) is 0 Å². The Kier molecular flexibility index (Phi) is 6.17. The normalized spacial score (nSPS) is 11.7. The first kappa shape index (κ1) is 18.2. The largest absolute Gasteiger partial charge is 0.348 e. The van der Waals surface area contributed by atoms with E-state index in [-0.39, 0.29) is 18.2 Å². The molecule has 0 fully saturated rings. The molecular weight excluding hydrogens is 354 g/mol. The smallest absolute Gasteiger partial charge is 0.254 e. The molecule has 2 aromatic rings. The highest BCUT2D eigenvalue weighted by molar-refractivity contribution is 6.35. The quantitative estimate of drug-likeness (QED) is 0.844. The number of amides is 2. The van der Waals surface area contributed by atoms with Crippen molar-refractivity contribution in [3.05, 3.63) is 69.5 Å². The van der Waals surface area contributed by atoms with Crippen LogP contribution in [0, 0.1) is 5.82 Å². The van der Waals surface area contributed by atoms with Crippen LogP contribution >= 0.6 is 23.2 Å². The molecule has 24 heavy (non-hydrogen) atoms. The third-order valence-electron chi connectivity index (χ3n) is 3.33. The molecule has 0 aliphatic heterocycles. The summed E-state index contributed by atoms with van der Waals surface area (Å²) in [4.78, 5) is 23.8. The number of benzene rings is 2. The predicted molar refractivity (Wildman–Crippen MR) is 91.8 cm³/mol. The van der Waals surface area contributed by atoms with Gasteiger partial charge in [0.25, 0.3) is 5.91 Å². The summed E-state index contributed by atoms with van der Waals surface area (Å²) >= 11 is 11.9. The minimum absolute atomic E-state index is 0.112. The molecule has 1 unspecified atom stereocenters. The van der Waals surface area contributed by atoms with Crippen molar-refractivity contribution in [2.45, 2.75) is 13.0 Å². The molecule has 0 bridgehead atoms. The van der Waals surface area contributed by atoms with Gasteiger partial charge in [0.05, 0.1) is 18.2 Å². The van der Waals surface area contributed by atoms with E-state index in [2.05, 4.69) is 10.6 Å². The van der Waals surface area contributed by atoms with Crippen LogP contribution in [0.25, 0.3) is 0 Å². The Labute approximate surface area is 149 Å². The zero-order valence-electron chi connectivity index (χ0n) is 12.8. The van der Waals surface area contributed by atoms with Crippen LogP contribution in [-0.2, 0) is 4.79 Å². The molecule has 7 heteroatoms. The second-order valence-corrected chi connectivity index (χ2v) is 5.96. The van der Waals surface area contributed by atoms with E-state index < -0.39 is 17.6 Å². The van der Waals surface area contributed by atoms with Gasteiger partial charge in [-0.3, -0.25) is 9.59 Å². The zero-order valence-corrected chi connectivity index (χ0v) is 14.3. The van der Waals surface area contributed by atoms with Gasteiger partial charge in [0.15, 0.2) is 0 Å². The number of carbonyl (C=O) groups is 2. The highest BCUT2D eigenvalue weighted by Crippen LogP contribution is 2.25. The van der Waals surface area contributed by atoms with Crippen molar-refractivity contribution in [3.63, 3.8) is 0 Å². The number of halogens is 3. The summed E-state index contributed by atoms with van der Waals surface area (Å²) in [6.45, 7) is 1.48. The van der Waals surface area contributed by atoms with Crippen LogP contribution in [0.5, 0.6) is 0 Å². The zero-order chi connectivity index (χ0) is 17.7. The molecule has 2 aromatic carbocycles. The van der Waals surface area contributed by atoms with Gasteiger partial charge in [-0.2, -0.15) is 0 Å². The van der Waals surface area contributed by atoms with E-state index in [4.69, 9.17) is 23.2 Å². The lowest BCUT2D eigenvalue weighted by molar-refractivity contribution is -0.120. The summed E-state index contributed by atoms with van der Waals surface area (Å²) in [5.74, 6) is -1.71. The van der Waals surface area contributed by atoms with Crippen LogP contribution in [-0.4, -0.2) is 18.4 Å². The molecule has 2 rings (SSSR count). The number of rotatable bonds is 5. The molecule has 4 nitrogen and oxygen atoms in total. The molecule has 2 amide bonds. The van der Waals surface area contributed by atoms with E-state index in [0.29, 0.717) is 15.6 Å². The van der Waals surface area contributed by atoms with Gasteiger partial charge in [0.1, 0.15) is 5.82 Å². The molecule has 126 valence electrons. The maximum atomic E-state index is 13.5. The van der Waals surface area contributed by atoms with E-state index in [9.17, 15) is 14.0 Å². The lowest BCUT2D eigenvalue weighted by Crippen LogP contribution is -2.38. The Morgan fingerprint density at radius 1 is 1.17 bits per heavy atom. The number of nitrogens with one attached hydrogen (secondary N) is 2. The van der Waals surface area contributed by atoms with Crippen LogP contribution in [0.15, 0.2) is 42.5 Å². The van der Waals surface area contributed by atoms with Gasteiger partial charge >= 0.3 is 0 Å². The molecule has 0 aliphatic carbocycles. The van der Waals surface area contributed by atoms with Crippen molar-refractivity contribution in [1.82, 2.24) is 10.6 Å². The van der Waals surface area contributed by atoms with E-state index in [1.807, 2.05) is 0 Å². The standard InChI is InChI=1S/C17H15Cl2FN2O2/c1-10(12-7-6-11(18)8-14(12)19)22-16(23)9-21-17(24)13-4-2-3-5-15(13)20/h2-8,10H,9H2,1H3,(H,21,24)(H,22,23). The Hall–Kier alpha value is -2.11. The van der Waals surface area contributed by atoms with Crippen molar-refractivity contribution in [2.75, 3.05) is 6.54 Å². The Balaban J connectivity index is 1.91. The number of hydrogen-bond donors (Lipinski definition) is 2. The van der Waals surface area contributed by atoms with Crippen molar-refractivity contribution in [1.29, 1.82) is 0 Å². The Bertz CT molecular complexity index is 768. The summed E-state index contributed by atoms with van der Waals surface area (Å²) < 4.78 is 13.5. The van der Waals surface area contributed by atoms with Gasteiger partial charge in [-0.1, -0.05) is 41.4 Å². The minimum Gasteiger partial charge on any atom is -0.348 e. The number of carbonyl (C=O) groups excluding carboxylic acids is 2.